The van der Waals surface area contributed by atoms with Gasteiger partial charge in [0.2, 0.25) is 0 Å². The molecule has 8 nitrogen and oxygen atoms in total. The van der Waals surface area contributed by atoms with Crippen molar-refractivity contribution in [2.75, 3.05) is 0 Å². The summed E-state index contributed by atoms with van der Waals surface area (Å²) in [5.41, 5.74) is 9.88. The van der Waals surface area contributed by atoms with Crippen LogP contribution in [0.1, 0.15) is 149 Å². The average molecular weight is 825 g/mol. The molecule has 0 saturated carbocycles. The number of hydrogen-bond donors (Lipinski definition) is 4. The second-order valence-corrected chi connectivity index (χ2v) is 15.2. The van der Waals surface area contributed by atoms with Gasteiger partial charge in [0.25, 0.3) is 0 Å². The van der Waals surface area contributed by atoms with Gasteiger partial charge in [-0.15, -0.1) is 0 Å². The minimum Gasteiger partial charge on any atom is -0.481 e. The molecule has 0 unspecified atom stereocenters. The summed E-state index contributed by atoms with van der Waals surface area (Å²) in [4.78, 5) is 41.4. The van der Waals surface area contributed by atoms with Crippen molar-refractivity contribution in [3.8, 4) is 0 Å². The minimum atomic E-state index is -0.778. The van der Waals surface area contributed by atoms with Gasteiger partial charge in [-0.3, -0.25) is 19.2 Å². The largest absolute Gasteiger partial charge is 0.481 e. The first kappa shape index (κ1) is 52.8. The minimum absolute atomic E-state index is 0.115. The molecule has 0 spiro atoms. The predicted octanol–water partition coefficient (Wildman–Crippen LogP) is 12.2. The van der Waals surface area contributed by atoms with Crippen LogP contribution in [-0.2, 0) is 70.5 Å². The van der Waals surface area contributed by atoms with Crippen molar-refractivity contribution in [2.24, 2.45) is 0 Å². The van der Waals surface area contributed by atoms with E-state index in [1.54, 1.807) is 0 Å². The third-order valence-corrected chi connectivity index (χ3v) is 9.87. The number of aryl methyl sites for hydroxylation is 7. The van der Waals surface area contributed by atoms with E-state index in [1.165, 1.54) is 71.9 Å². The van der Waals surface area contributed by atoms with E-state index in [0.29, 0.717) is 6.42 Å². The van der Waals surface area contributed by atoms with Crippen LogP contribution in [0.25, 0.3) is 0 Å². The van der Waals surface area contributed by atoms with Crippen LogP contribution in [0, 0.1) is 0 Å². The van der Waals surface area contributed by atoms with Crippen LogP contribution in [0.2, 0.25) is 0 Å². The zero-order valence-corrected chi connectivity index (χ0v) is 36.8. The molecule has 0 aliphatic carbocycles. The standard InChI is InChI=1S/C16H24O2.C14H20O2.C12H16O2.C10H12O2/c1-2-3-4-7-14-10-12-15(13-11-14)8-5-6-9-16(17)18;1-2-3-5-12-8-10-13(11-9-12)6-4-7-14(15)16;1-2-3-10-4-6-11(7-5-10)8-9-12(13)14;1-2-8-3-5-9(6-4-8)7-10(11)12/h10-13H,2-9H2,1H3,(H,17,18);8-11H,2-7H2,1H3,(H,15,16);4-7H,2-3,8-9H2,1H3,(H,13,14);3-6H,2,7H2,1H3,(H,11,12). The Kier molecular flexibility index (Phi) is 29.5. The van der Waals surface area contributed by atoms with Crippen LogP contribution >= 0.6 is 0 Å². The first-order valence-corrected chi connectivity index (χ1v) is 22.1. The molecule has 60 heavy (non-hydrogen) atoms. The smallest absolute Gasteiger partial charge is 0.307 e. The molecule has 4 rings (SSSR count). The quantitative estimate of drug-likeness (QED) is 0.0510. The predicted molar refractivity (Wildman–Crippen MR) is 244 cm³/mol. The molecule has 0 aromatic heterocycles. The highest BCUT2D eigenvalue weighted by Gasteiger charge is 2.02. The van der Waals surface area contributed by atoms with Crippen LogP contribution in [-0.4, -0.2) is 44.3 Å². The maximum absolute atomic E-state index is 10.4. The summed E-state index contributed by atoms with van der Waals surface area (Å²) in [5.74, 6) is -2.91. The van der Waals surface area contributed by atoms with Gasteiger partial charge in [0.05, 0.1) is 6.42 Å². The lowest BCUT2D eigenvalue weighted by Gasteiger charge is -2.04. The second kappa shape index (κ2) is 33.6. The summed E-state index contributed by atoms with van der Waals surface area (Å²) in [6.45, 7) is 8.64. The van der Waals surface area contributed by atoms with Crippen LogP contribution in [0.3, 0.4) is 0 Å². The summed E-state index contributed by atoms with van der Waals surface area (Å²) >= 11 is 0. The number of carboxylic acids is 4. The van der Waals surface area contributed by atoms with E-state index in [1.807, 2.05) is 36.4 Å². The Morgan fingerprint density at radius 2 is 0.650 bits per heavy atom. The summed E-state index contributed by atoms with van der Waals surface area (Å²) in [5, 5.41) is 34.1. The first-order chi connectivity index (χ1) is 28.9. The van der Waals surface area contributed by atoms with Crippen LogP contribution < -0.4 is 0 Å². The summed E-state index contributed by atoms with van der Waals surface area (Å²) < 4.78 is 0. The zero-order chi connectivity index (χ0) is 44.4. The Balaban J connectivity index is 0.000000404. The molecule has 0 bridgehead atoms. The van der Waals surface area contributed by atoms with Gasteiger partial charge in [-0.25, -0.2) is 0 Å². The van der Waals surface area contributed by atoms with Crippen molar-refractivity contribution >= 4 is 23.9 Å². The number of carboxylic acid groups (broad SMARTS) is 4. The van der Waals surface area contributed by atoms with Gasteiger partial charge >= 0.3 is 23.9 Å². The molecular formula is C52H72O8. The van der Waals surface area contributed by atoms with Crippen molar-refractivity contribution in [3.05, 3.63) is 142 Å². The normalized spacial score (nSPS) is 10.2. The monoisotopic (exact) mass is 825 g/mol. The van der Waals surface area contributed by atoms with Crippen molar-refractivity contribution < 1.29 is 39.6 Å². The molecule has 0 aliphatic rings. The lowest BCUT2D eigenvalue weighted by Crippen LogP contribution is -1.99. The summed E-state index contributed by atoms with van der Waals surface area (Å²) in [7, 11) is 0. The molecule has 0 heterocycles. The van der Waals surface area contributed by atoms with Crippen LogP contribution in [0.5, 0.6) is 0 Å². The van der Waals surface area contributed by atoms with Crippen molar-refractivity contribution in [1.29, 1.82) is 0 Å². The fourth-order valence-electron chi connectivity index (χ4n) is 6.23. The van der Waals surface area contributed by atoms with Gasteiger partial charge < -0.3 is 20.4 Å². The molecule has 0 fully saturated rings. The van der Waals surface area contributed by atoms with Crippen molar-refractivity contribution in [1.82, 2.24) is 0 Å². The Hall–Kier alpha value is -5.24. The van der Waals surface area contributed by atoms with Gasteiger partial charge in [0.15, 0.2) is 0 Å². The zero-order valence-electron chi connectivity index (χ0n) is 36.8. The number of carbonyl (C=O) groups is 4. The molecule has 328 valence electrons. The topological polar surface area (TPSA) is 149 Å². The van der Waals surface area contributed by atoms with E-state index in [4.69, 9.17) is 20.4 Å². The first-order valence-electron chi connectivity index (χ1n) is 22.1. The molecule has 8 heteroatoms. The number of benzene rings is 4. The summed E-state index contributed by atoms with van der Waals surface area (Å²) in [6, 6.07) is 33.2. The molecule has 4 N–H and O–H groups in total. The van der Waals surface area contributed by atoms with Gasteiger partial charge in [-0.05, 0) is 122 Å². The third-order valence-electron chi connectivity index (χ3n) is 9.87. The maximum Gasteiger partial charge on any atom is 0.307 e. The molecule has 0 atom stereocenters. The van der Waals surface area contributed by atoms with Crippen LogP contribution in [0.15, 0.2) is 97.1 Å². The lowest BCUT2D eigenvalue weighted by atomic mass is 10.0. The summed E-state index contributed by atoms with van der Waals surface area (Å²) in [6.07, 6.45) is 17.7. The highest BCUT2D eigenvalue weighted by atomic mass is 16.4. The van der Waals surface area contributed by atoms with Gasteiger partial charge in [-0.2, -0.15) is 0 Å². The van der Waals surface area contributed by atoms with E-state index >= 15 is 0 Å². The molecule has 4 aromatic rings. The number of unbranched alkanes of at least 4 members (excludes halogenated alkanes) is 4. The fourth-order valence-corrected chi connectivity index (χ4v) is 6.23. The second-order valence-electron chi connectivity index (χ2n) is 15.2. The Morgan fingerprint density at radius 3 is 1.03 bits per heavy atom. The molecule has 4 aromatic carbocycles. The Labute approximate surface area is 360 Å². The highest BCUT2D eigenvalue weighted by Crippen LogP contribution is 2.13. The fraction of sp³-hybridized carbons (Fsp3) is 0.462. The Bertz CT molecular complexity index is 1730. The van der Waals surface area contributed by atoms with E-state index in [2.05, 4.69) is 88.4 Å². The van der Waals surface area contributed by atoms with Gasteiger partial charge in [0, 0.05) is 19.3 Å². The van der Waals surface area contributed by atoms with E-state index in [-0.39, 0.29) is 25.7 Å². The van der Waals surface area contributed by atoms with Crippen molar-refractivity contribution in [2.45, 2.75) is 156 Å². The van der Waals surface area contributed by atoms with Gasteiger partial charge in [0.1, 0.15) is 0 Å². The van der Waals surface area contributed by atoms with E-state index in [0.717, 1.165) is 68.9 Å². The van der Waals surface area contributed by atoms with E-state index < -0.39 is 23.9 Å². The highest BCUT2D eigenvalue weighted by molar-refractivity contribution is 5.70. The number of aliphatic carboxylic acids is 4. The molecule has 0 aliphatic heterocycles. The Morgan fingerprint density at radius 1 is 0.317 bits per heavy atom. The average Bonchev–Trinajstić information content (AvgIpc) is 3.23. The maximum atomic E-state index is 10.4. The molecule has 0 saturated heterocycles. The molecule has 0 amide bonds. The van der Waals surface area contributed by atoms with Crippen molar-refractivity contribution in [3.63, 3.8) is 0 Å². The van der Waals surface area contributed by atoms with E-state index in [9.17, 15) is 19.2 Å². The molecular weight excluding hydrogens is 753 g/mol. The lowest BCUT2D eigenvalue weighted by molar-refractivity contribution is -0.138. The third kappa shape index (κ3) is 28.2. The number of rotatable bonds is 24. The van der Waals surface area contributed by atoms with Crippen LogP contribution in [0.4, 0.5) is 0 Å². The SMILES string of the molecule is CCCCCc1ccc(CCCCC(=O)O)cc1.CCCCc1ccc(CCCC(=O)O)cc1.CCCc1ccc(CCC(=O)O)cc1.CCc1ccc(CC(=O)O)cc1. The van der Waals surface area contributed by atoms with Gasteiger partial charge in [-0.1, -0.05) is 150 Å². The number of hydrogen-bond acceptors (Lipinski definition) is 4. The molecule has 0 radical (unpaired) electrons.